The van der Waals surface area contributed by atoms with E-state index < -0.39 is 0 Å². The maximum atomic E-state index is 13.1. The summed E-state index contributed by atoms with van der Waals surface area (Å²) in [5.74, 6) is -0.850. The van der Waals surface area contributed by atoms with Gasteiger partial charge in [-0.15, -0.1) is 0 Å². The van der Waals surface area contributed by atoms with Crippen molar-refractivity contribution in [3.8, 4) is 0 Å². The van der Waals surface area contributed by atoms with Crippen molar-refractivity contribution in [2.45, 2.75) is 26.3 Å². The molecule has 1 unspecified atom stereocenters. The molecule has 0 saturated heterocycles. The molecule has 0 saturated carbocycles. The van der Waals surface area contributed by atoms with Crippen molar-refractivity contribution >= 4 is 5.97 Å². The number of hydrogen-bond donors (Lipinski definition) is 0. The Morgan fingerprint density at radius 1 is 1.48 bits per heavy atom. The van der Waals surface area contributed by atoms with Crippen LogP contribution in [0.3, 0.4) is 0 Å². The maximum absolute atomic E-state index is 13.1. The van der Waals surface area contributed by atoms with Crippen LogP contribution in [0.15, 0.2) is 36.9 Å². The fraction of sp³-hybridized carbons (Fsp3) is 0.400. The molecule has 0 spiro atoms. The Hall–Kier alpha value is -2.24. The Bertz CT molecular complexity index is 572. The van der Waals surface area contributed by atoms with Gasteiger partial charge >= 0.3 is 5.97 Å². The van der Waals surface area contributed by atoms with E-state index in [1.54, 1.807) is 30.1 Å². The van der Waals surface area contributed by atoms with Gasteiger partial charge in [0.2, 0.25) is 0 Å². The van der Waals surface area contributed by atoms with Gasteiger partial charge in [0.25, 0.3) is 0 Å². The summed E-state index contributed by atoms with van der Waals surface area (Å²) in [6.07, 6.45) is 4.24. The van der Waals surface area contributed by atoms with Gasteiger partial charge in [0.15, 0.2) is 0 Å². The van der Waals surface area contributed by atoms with Crippen molar-refractivity contribution in [1.29, 1.82) is 0 Å². The van der Waals surface area contributed by atoms with Crippen LogP contribution in [0.25, 0.3) is 0 Å². The third kappa shape index (κ3) is 4.98. The van der Waals surface area contributed by atoms with E-state index in [4.69, 9.17) is 4.74 Å². The van der Waals surface area contributed by atoms with Crippen LogP contribution in [-0.2, 0) is 22.5 Å². The highest BCUT2D eigenvalue weighted by Crippen LogP contribution is 2.11. The van der Waals surface area contributed by atoms with Crippen LogP contribution in [0.4, 0.5) is 4.39 Å². The molecular formula is C15H18FN3O2. The van der Waals surface area contributed by atoms with Gasteiger partial charge in [-0.25, -0.2) is 9.37 Å². The molecule has 0 fully saturated rings. The lowest BCUT2D eigenvalue weighted by Gasteiger charge is -2.11. The first kappa shape index (κ1) is 15.2. The van der Waals surface area contributed by atoms with Crippen molar-refractivity contribution in [2.75, 3.05) is 6.61 Å². The zero-order valence-corrected chi connectivity index (χ0v) is 11.9. The molecule has 21 heavy (non-hydrogen) atoms. The molecule has 0 N–H and O–H groups in total. The summed E-state index contributed by atoms with van der Waals surface area (Å²) in [4.78, 5) is 15.7. The third-order valence-electron chi connectivity index (χ3n) is 3.08. The maximum Gasteiger partial charge on any atom is 0.308 e. The molecule has 2 rings (SSSR count). The lowest BCUT2D eigenvalue weighted by Crippen LogP contribution is -2.18. The SMILES string of the molecule is CC(Cc1cccc(F)c1)C(=O)OCCCn1cncn1. The number of benzene rings is 1. The Kier molecular flexibility index (Phi) is 5.43. The van der Waals surface area contributed by atoms with Crippen molar-refractivity contribution in [2.24, 2.45) is 5.92 Å². The first-order valence-electron chi connectivity index (χ1n) is 6.88. The summed E-state index contributed by atoms with van der Waals surface area (Å²) < 4.78 is 20.0. The Morgan fingerprint density at radius 3 is 3.05 bits per heavy atom. The smallest absolute Gasteiger partial charge is 0.308 e. The van der Waals surface area contributed by atoms with Crippen LogP contribution in [-0.4, -0.2) is 27.3 Å². The molecule has 1 heterocycles. The number of carbonyl (C=O) groups is 1. The van der Waals surface area contributed by atoms with Crippen LogP contribution in [0, 0.1) is 11.7 Å². The molecule has 0 aliphatic carbocycles. The number of hydrogen-bond acceptors (Lipinski definition) is 4. The number of aromatic nitrogens is 3. The molecule has 1 atom stereocenters. The second kappa shape index (κ2) is 7.52. The number of rotatable bonds is 7. The molecule has 5 nitrogen and oxygen atoms in total. The second-order valence-corrected chi connectivity index (χ2v) is 4.91. The molecule has 112 valence electrons. The van der Waals surface area contributed by atoms with Gasteiger partial charge in [0, 0.05) is 13.0 Å². The number of esters is 1. The van der Waals surface area contributed by atoms with Crippen molar-refractivity contribution < 1.29 is 13.9 Å². The van der Waals surface area contributed by atoms with Crippen molar-refractivity contribution in [1.82, 2.24) is 14.8 Å². The summed E-state index contributed by atoms with van der Waals surface area (Å²) in [5, 5.41) is 3.96. The Labute approximate surface area is 122 Å². The standard InChI is InChI=1S/C15H18FN3O2/c1-12(8-13-4-2-5-14(16)9-13)15(20)21-7-3-6-19-11-17-10-18-19/h2,4-5,9-12H,3,6-8H2,1H3. The van der Waals surface area contributed by atoms with E-state index in [9.17, 15) is 9.18 Å². The summed E-state index contributed by atoms with van der Waals surface area (Å²) in [6.45, 7) is 2.78. The average Bonchev–Trinajstić information content (AvgIpc) is 2.96. The summed E-state index contributed by atoms with van der Waals surface area (Å²) in [7, 11) is 0. The quantitative estimate of drug-likeness (QED) is 0.580. The van der Waals surface area contributed by atoms with E-state index in [2.05, 4.69) is 10.1 Å². The summed E-state index contributed by atoms with van der Waals surface area (Å²) in [6, 6.07) is 6.27. The van der Waals surface area contributed by atoms with E-state index in [1.165, 1.54) is 18.5 Å². The molecule has 6 heteroatoms. The molecule has 0 amide bonds. The normalized spacial score (nSPS) is 12.1. The Morgan fingerprint density at radius 2 is 2.33 bits per heavy atom. The lowest BCUT2D eigenvalue weighted by molar-refractivity contribution is -0.148. The third-order valence-corrected chi connectivity index (χ3v) is 3.08. The highest BCUT2D eigenvalue weighted by atomic mass is 19.1. The first-order chi connectivity index (χ1) is 10.1. The molecule has 0 aliphatic heterocycles. The highest BCUT2D eigenvalue weighted by Gasteiger charge is 2.15. The highest BCUT2D eigenvalue weighted by molar-refractivity contribution is 5.72. The van der Waals surface area contributed by atoms with Crippen molar-refractivity contribution in [3.05, 3.63) is 48.3 Å². The van der Waals surface area contributed by atoms with Crippen LogP contribution >= 0.6 is 0 Å². The molecule has 0 bridgehead atoms. The monoisotopic (exact) mass is 291 g/mol. The van der Waals surface area contributed by atoms with E-state index in [1.807, 2.05) is 0 Å². The van der Waals surface area contributed by atoms with E-state index >= 15 is 0 Å². The fourth-order valence-electron chi connectivity index (χ4n) is 1.99. The molecule has 0 radical (unpaired) electrons. The van der Waals surface area contributed by atoms with Gasteiger partial charge in [-0.05, 0) is 24.1 Å². The Balaban J connectivity index is 1.70. The fourth-order valence-corrected chi connectivity index (χ4v) is 1.99. The van der Waals surface area contributed by atoms with Gasteiger partial charge < -0.3 is 4.74 Å². The minimum Gasteiger partial charge on any atom is -0.465 e. The predicted molar refractivity (Wildman–Crippen MR) is 74.9 cm³/mol. The van der Waals surface area contributed by atoms with Gasteiger partial charge in [-0.2, -0.15) is 5.10 Å². The lowest BCUT2D eigenvalue weighted by atomic mass is 10.0. The number of aryl methyl sites for hydroxylation is 1. The zero-order chi connectivity index (χ0) is 15.1. The van der Waals surface area contributed by atoms with Crippen LogP contribution in [0.2, 0.25) is 0 Å². The second-order valence-electron chi connectivity index (χ2n) is 4.91. The minimum absolute atomic E-state index is 0.266. The van der Waals surface area contributed by atoms with Gasteiger partial charge in [0.05, 0.1) is 12.5 Å². The van der Waals surface area contributed by atoms with E-state index in [0.717, 1.165) is 5.56 Å². The van der Waals surface area contributed by atoms with Crippen molar-refractivity contribution in [3.63, 3.8) is 0 Å². The molecule has 1 aromatic carbocycles. The predicted octanol–water partition coefficient (Wildman–Crippen LogP) is 2.23. The van der Waals surface area contributed by atoms with Crippen LogP contribution in [0.1, 0.15) is 18.9 Å². The van der Waals surface area contributed by atoms with Gasteiger partial charge in [0.1, 0.15) is 18.5 Å². The number of carbonyl (C=O) groups excluding carboxylic acids is 1. The van der Waals surface area contributed by atoms with Gasteiger partial charge in [-0.3, -0.25) is 9.48 Å². The summed E-state index contributed by atoms with van der Waals surface area (Å²) >= 11 is 0. The van der Waals surface area contributed by atoms with Gasteiger partial charge in [-0.1, -0.05) is 19.1 Å². The molecule has 1 aromatic heterocycles. The number of halogens is 1. The molecular weight excluding hydrogens is 273 g/mol. The topological polar surface area (TPSA) is 57.0 Å². The van der Waals surface area contributed by atoms with Crippen LogP contribution in [0.5, 0.6) is 0 Å². The average molecular weight is 291 g/mol. The number of ether oxygens (including phenoxy) is 1. The first-order valence-corrected chi connectivity index (χ1v) is 6.88. The number of nitrogens with zero attached hydrogens (tertiary/aromatic N) is 3. The molecule has 0 aliphatic rings. The zero-order valence-electron chi connectivity index (χ0n) is 11.9. The summed E-state index contributed by atoms with van der Waals surface area (Å²) in [5.41, 5.74) is 0.794. The molecule has 2 aromatic rings. The van der Waals surface area contributed by atoms with Crippen LogP contribution < -0.4 is 0 Å². The largest absolute Gasteiger partial charge is 0.465 e. The minimum atomic E-state index is -0.293. The van der Waals surface area contributed by atoms with E-state index in [-0.39, 0.29) is 17.7 Å². The van der Waals surface area contributed by atoms with E-state index in [0.29, 0.717) is 26.0 Å².